The highest BCUT2D eigenvalue weighted by Crippen LogP contribution is 2.47. The van der Waals surface area contributed by atoms with Gasteiger partial charge in [-0.2, -0.15) is 4.80 Å². The summed E-state index contributed by atoms with van der Waals surface area (Å²) in [5.41, 5.74) is 8.24. The zero-order valence-corrected chi connectivity index (χ0v) is 19.5. The van der Waals surface area contributed by atoms with Gasteiger partial charge in [-0.05, 0) is 49.4 Å². The number of rotatable bonds is 7. The van der Waals surface area contributed by atoms with Crippen LogP contribution < -0.4 is 15.4 Å². The first-order valence-corrected chi connectivity index (χ1v) is 10.6. The Balaban J connectivity index is 1.89. The summed E-state index contributed by atoms with van der Waals surface area (Å²) in [5, 5.41) is 24.3. The molecule has 0 fully saturated rings. The Morgan fingerprint density at radius 2 is 1.91 bits per heavy atom. The number of nitrogen functional groups attached to an aromatic ring is 1. The third-order valence-electron chi connectivity index (χ3n) is 6.03. The predicted molar refractivity (Wildman–Crippen MR) is 123 cm³/mol. The van der Waals surface area contributed by atoms with Gasteiger partial charge in [0.15, 0.2) is 17.7 Å². The fourth-order valence-corrected chi connectivity index (χ4v) is 4.39. The Kier molecular flexibility index (Phi) is 6.24. The van der Waals surface area contributed by atoms with Gasteiger partial charge < -0.3 is 30.0 Å². The number of tetrazole rings is 1. The number of aliphatic hydroxyl groups is 1. The molecule has 2 aromatic carbocycles. The molecule has 0 saturated carbocycles. The monoisotopic (exact) mass is 454 g/mol. The number of methoxy groups -OCH3 is 2. The van der Waals surface area contributed by atoms with Crippen LogP contribution in [0.4, 0.5) is 11.4 Å². The lowest BCUT2D eigenvalue weighted by Crippen LogP contribution is -2.62. The maximum Gasteiger partial charge on any atom is 0.199 e. The largest absolute Gasteiger partial charge is 0.479 e. The molecule has 10 heteroatoms. The van der Waals surface area contributed by atoms with Crippen molar-refractivity contribution in [2.75, 3.05) is 24.9 Å². The molecule has 0 spiro atoms. The Bertz CT molecular complexity index is 1100. The average Bonchev–Trinajstić information content (AvgIpc) is 3.20. The first-order valence-electron chi connectivity index (χ1n) is 10.6. The van der Waals surface area contributed by atoms with E-state index in [1.54, 1.807) is 26.1 Å². The highest BCUT2D eigenvalue weighted by molar-refractivity contribution is 5.57. The standard InChI is InChI=1S/C23H30N6O4/c1-14-6-9-16(10-7-14)29(13-19-25-27-28(3)26-19)20-17-12-15(24)8-11-18(17)33-23(2,21(20)30)22(31-4)32-5/h6-12,20-22,30H,13,24H2,1-5H3/t20-,21+,23-/m0/s1. The Morgan fingerprint density at radius 1 is 1.21 bits per heavy atom. The Hall–Kier alpha value is -3.21. The zero-order valence-electron chi connectivity index (χ0n) is 19.5. The number of anilines is 2. The van der Waals surface area contributed by atoms with Gasteiger partial charge in [-0.1, -0.05) is 17.7 Å². The van der Waals surface area contributed by atoms with Gasteiger partial charge in [0.1, 0.15) is 11.9 Å². The minimum atomic E-state index is -1.21. The molecule has 10 nitrogen and oxygen atoms in total. The van der Waals surface area contributed by atoms with Gasteiger partial charge in [0.25, 0.3) is 0 Å². The van der Waals surface area contributed by atoms with Gasteiger partial charge in [-0.15, -0.1) is 10.2 Å². The van der Waals surface area contributed by atoms with E-state index < -0.39 is 24.0 Å². The predicted octanol–water partition coefficient (Wildman–Crippen LogP) is 1.98. The molecular formula is C23H30N6O4. The third-order valence-corrected chi connectivity index (χ3v) is 6.03. The topological polar surface area (TPSA) is 121 Å². The van der Waals surface area contributed by atoms with Crippen LogP contribution in [0.1, 0.15) is 29.9 Å². The van der Waals surface area contributed by atoms with Crippen molar-refractivity contribution in [1.29, 1.82) is 0 Å². The molecule has 0 unspecified atom stereocenters. The van der Waals surface area contributed by atoms with Crippen LogP contribution >= 0.6 is 0 Å². The van der Waals surface area contributed by atoms with Crippen molar-refractivity contribution in [2.45, 2.75) is 44.4 Å². The van der Waals surface area contributed by atoms with E-state index in [4.69, 9.17) is 19.9 Å². The number of hydrogen-bond acceptors (Lipinski definition) is 9. The first kappa shape index (κ1) is 23.0. The molecule has 3 N–H and O–H groups in total. The molecule has 0 radical (unpaired) electrons. The van der Waals surface area contributed by atoms with E-state index in [9.17, 15) is 5.11 Å². The molecule has 3 aromatic rings. The summed E-state index contributed by atoms with van der Waals surface area (Å²) in [6, 6.07) is 12.9. The number of benzene rings is 2. The second kappa shape index (κ2) is 8.97. The van der Waals surface area contributed by atoms with Crippen molar-refractivity contribution in [2.24, 2.45) is 7.05 Å². The molecule has 176 valence electrons. The molecule has 3 atom stereocenters. The van der Waals surface area contributed by atoms with Gasteiger partial charge >= 0.3 is 0 Å². The number of aliphatic hydroxyl groups excluding tert-OH is 1. The lowest BCUT2D eigenvalue weighted by atomic mass is 9.83. The molecule has 1 aromatic heterocycles. The number of nitrogens with two attached hydrogens (primary N) is 1. The number of fused-ring (bicyclic) bond motifs is 1. The van der Waals surface area contributed by atoms with E-state index in [0.29, 0.717) is 23.8 Å². The number of aryl methyl sites for hydroxylation is 2. The van der Waals surface area contributed by atoms with E-state index in [1.165, 1.54) is 19.0 Å². The second-order valence-corrected chi connectivity index (χ2v) is 8.43. The zero-order chi connectivity index (χ0) is 23.8. The van der Waals surface area contributed by atoms with Crippen LogP contribution in [0.3, 0.4) is 0 Å². The van der Waals surface area contributed by atoms with Crippen molar-refractivity contribution in [3.8, 4) is 5.75 Å². The van der Waals surface area contributed by atoms with Gasteiger partial charge in [-0.25, -0.2) is 0 Å². The summed E-state index contributed by atoms with van der Waals surface area (Å²) in [4.78, 5) is 3.44. The lowest BCUT2D eigenvalue weighted by Gasteiger charge is -2.49. The minimum Gasteiger partial charge on any atom is -0.479 e. The molecule has 33 heavy (non-hydrogen) atoms. The fourth-order valence-electron chi connectivity index (χ4n) is 4.39. The molecular weight excluding hydrogens is 424 g/mol. The smallest absolute Gasteiger partial charge is 0.199 e. The van der Waals surface area contributed by atoms with E-state index in [1.807, 2.05) is 42.2 Å². The summed E-state index contributed by atoms with van der Waals surface area (Å²) in [6.45, 7) is 4.10. The summed E-state index contributed by atoms with van der Waals surface area (Å²) < 4.78 is 17.4. The summed E-state index contributed by atoms with van der Waals surface area (Å²) in [5.74, 6) is 1.10. The highest BCUT2D eigenvalue weighted by atomic mass is 16.7. The summed E-state index contributed by atoms with van der Waals surface area (Å²) >= 11 is 0. The first-order chi connectivity index (χ1) is 15.8. The summed E-state index contributed by atoms with van der Waals surface area (Å²) in [7, 11) is 4.75. The number of hydrogen-bond donors (Lipinski definition) is 2. The van der Waals surface area contributed by atoms with Crippen LogP contribution in [0.15, 0.2) is 42.5 Å². The molecule has 2 heterocycles. The highest BCUT2D eigenvalue weighted by Gasteiger charge is 2.54. The van der Waals surface area contributed by atoms with Crippen molar-refractivity contribution >= 4 is 11.4 Å². The number of ether oxygens (including phenoxy) is 3. The normalized spacial score (nSPS) is 22.2. The van der Waals surface area contributed by atoms with Crippen molar-refractivity contribution in [1.82, 2.24) is 20.2 Å². The minimum absolute atomic E-state index is 0.299. The Morgan fingerprint density at radius 3 is 2.52 bits per heavy atom. The lowest BCUT2D eigenvalue weighted by molar-refractivity contribution is -0.237. The van der Waals surface area contributed by atoms with Crippen LogP contribution in [0, 0.1) is 6.92 Å². The third kappa shape index (κ3) is 4.24. The Labute approximate surface area is 192 Å². The molecule has 1 aliphatic rings. The van der Waals surface area contributed by atoms with Gasteiger partial charge in [0.05, 0.1) is 19.6 Å². The number of aromatic nitrogens is 4. The maximum absolute atomic E-state index is 11.8. The van der Waals surface area contributed by atoms with Crippen molar-refractivity contribution in [3.05, 3.63) is 59.4 Å². The SMILES string of the molecule is COC(OC)[C@@]1(C)Oc2ccc(N)cc2[C@H](N(Cc2nnn(C)n2)c2ccc(C)cc2)[C@H]1O. The van der Waals surface area contributed by atoms with Crippen molar-refractivity contribution < 1.29 is 19.3 Å². The van der Waals surface area contributed by atoms with Gasteiger partial charge in [0, 0.05) is 31.2 Å². The molecule has 0 aliphatic carbocycles. The van der Waals surface area contributed by atoms with Crippen LogP contribution in [0.5, 0.6) is 5.75 Å². The number of nitrogens with zero attached hydrogens (tertiary/aromatic N) is 5. The molecule has 0 bridgehead atoms. The van der Waals surface area contributed by atoms with E-state index in [2.05, 4.69) is 15.4 Å². The average molecular weight is 455 g/mol. The molecule has 0 saturated heterocycles. The van der Waals surface area contributed by atoms with Gasteiger partial charge in [0.2, 0.25) is 0 Å². The summed E-state index contributed by atoms with van der Waals surface area (Å²) in [6.07, 6.45) is -1.88. The molecule has 1 aliphatic heterocycles. The maximum atomic E-state index is 11.8. The van der Waals surface area contributed by atoms with Crippen molar-refractivity contribution in [3.63, 3.8) is 0 Å². The fraction of sp³-hybridized carbons (Fsp3) is 0.435. The van der Waals surface area contributed by atoms with E-state index in [-0.39, 0.29) is 0 Å². The molecule has 0 amide bonds. The quantitative estimate of drug-likeness (QED) is 0.408. The molecule has 4 rings (SSSR count). The van der Waals surface area contributed by atoms with Crippen LogP contribution in [0.25, 0.3) is 0 Å². The van der Waals surface area contributed by atoms with Gasteiger partial charge in [-0.3, -0.25) is 0 Å². The van der Waals surface area contributed by atoms with Crippen LogP contribution in [-0.2, 0) is 23.1 Å². The van der Waals surface area contributed by atoms with E-state index >= 15 is 0 Å². The van der Waals surface area contributed by atoms with E-state index in [0.717, 1.165) is 16.8 Å². The second-order valence-electron chi connectivity index (χ2n) is 8.43. The van der Waals surface area contributed by atoms with Crippen LogP contribution in [0.2, 0.25) is 0 Å². The van der Waals surface area contributed by atoms with Crippen LogP contribution in [-0.4, -0.2) is 57.5 Å².